The largest absolute Gasteiger partial charge is 0.490 e. The normalized spacial score (nSPS) is 10.2. The minimum atomic E-state index is -0.529. The smallest absolute Gasteiger partial charge is 0.305 e. The first kappa shape index (κ1) is 18.9. The molecule has 8 heteroatoms. The quantitative estimate of drug-likeness (QED) is 0.684. The van der Waals surface area contributed by atoms with Crippen molar-refractivity contribution in [1.82, 2.24) is 10.9 Å². The van der Waals surface area contributed by atoms with E-state index in [0.29, 0.717) is 34.7 Å². The summed E-state index contributed by atoms with van der Waals surface area (Å²) in [5, 5.41) is 0. The van der Waals surface area contributed by atoms with Crippen molar-refractivity contribution < 1.29 is 23.5 Å². The average molecular weight is 411 g/mol. The molecule has 0 radical (unpaired) electrons. The van der Waals surface area contributed by atoms with E-state index in [0.717, 1.165) is 0 Å². The van der Waals surface area contributed by atoms with Gasteiger partial charge in [0.2, 0.25) is 5.91 Å². The van der Waals surface area contributed by atoms with Gasteiger partial charge in [-0.3, -0.25) is 20.4 Å². The topological polar surface area (TPSA) is 89.8 Å². The van der Waals surface area contributed by atoms with Gasteiger partial charge in [-0.05, 0) is 43.7 Å². The van der Waals surface area contributed by atoms with Crippen LogP contribution in [0.25, 0.3) is 0 Å². The van der Waals surface area contributed by atoms with E-state index in [2.05, 4.69) is 26.8 Å². The molecular weight excluding hydrogens is 392 g/mol. The zero-order chi connectivity index (χ0) is 18.2. The first-order chi connectivity index (χ1) is 12.0. The fraction of sp³-hybridized carbons (Fsp3) is 0.294. The molecule has 2 aromatic rings. The number of benzene rings is 1. The highest BCUT2D eigenvalue weighted by molar-refractivity contribution is 9.10. The third-order valence-corrected chi connectivity index (χ3v) is 3.86. The molecule has 7 nitrogen and oxygen atoms in total. The molecule has 0 aliphatic heterocycles. The van der Waals surface area contributed by atoms with Crippen molar-refractivity contribution in [3.8, 4) is 11.5 Å². The van der Waals surface area contributed by atoms with Crippen molar-refractivity contribution in [3.05, 3.63) is 46.3 Å². The Hall–Kier alpha value is -2.48. The highest BCUT2D eigenvalue weighted by atomic mass is 79.9. The maximum atomic E-state index is 12.1. The minimum absolute atomic E-state index is 0.0471. The number of hydrogen-bond donors (Lipinski definition) is 2. The van der Waals surface area contributed by atoms with Gasteiger partial charge < -0.3 is 13.9 Å². The Bertz CT molecular complexity index is 731. The number of furan rings is 1. The molecule has 1 aromatic carbocycles. The number of hydrazine groups is 1. The Morgan fingerprint density at radius 1 is 1.12 bits per heavy atom. The van der Waals surface area contributed by atoms with Crippen LogP contribution in [0.3, 0.4) is 0 Å². The molecule has 0 atom stereocenters. The monoisotopic (exact) mass is 410 g/mol. The van der Waals surface area contributed by atoms with E-state index in [1.54, 1.807) is 18.2 Å². The number of carbonyl (C=O) groups is 2. The summed E-state index contributed by atoms with van der Waals surface area (Å²) in [5.74, 6) is 0.369. The van der Waals surface area contributed by atoms with E-state index >= 15 is 0 Å². The fourth-order valence-electron chi connectivity index (χ4n) is 2.06. The Balaban J connectivity index is 2.01. The molecule has 0 spiro atoms. The first-order valence-corrected chi connectivity index (χ1v) is 8.55. The molecule has 0 aliphatic carbocycles. The lowest BCUT2D eigenvalue weighted by molar-refractivity contribution is -0.121. The number of ether oxygens (including phenoxy) is 2. The van der Waals surface area contributed by atoms with Crippen LogP contribution in [0.2, 0.25) is 0 Å². The van der Waals surface area contributed by atoms with Gasteiger partial charge in [0.25, 0.3) is 0 Å². The summed E-state index contributed by atoms with van der Waals surface area (Å²) in [6, 6.07) is 6.59. The van der Waals surface area contributed by atoms with E-state index in [1.807, 2.05) is 13.8 Å². The summed E-state index contributed by atoms with van der Waals surface area (Å²) in [7, 11) is 0. The Kier molecular flexibility index (Phi) is 6.88. The third-order valence-electron chi connectivity index (χ3n) is 3.12. The van der Waals surface area contributed by atoms with Gasteiger partial charge in [-0.1, -0.05) is 15.9 Å². The van der Waals surface area contributed by atoms with Gasteiger partial charge in [-0.15, -0.1) is 0 Å². The van der Waals surface area contributed by atoms with Crippen LogP contribution in [-0.2, 0) is 11.2 Å². The Morgan fingerprint density at radius 2 is 1.80 bits per heavy atom. The van der Waals surface area contributed by atoms with Crippen molar-refractivity contribution in [2.75, 3.05) is 13.2 Å². The molecule has 0 saturated carbocycles. The summed E-state index contributed by atoms with van der Waals surface area (Å²) < 4.78 is 16.7. The van der Waals surface area contributed by atoms with E-state index in [4.69, 9.17) is 13.9 Å². The molecule has 2 N–H and O–H groups in total. The second-order valence-electron chi connectivity index (χ2n) is 4.91. The van der Waals surface area contributed by atoms with Gasteiger partial charge in [0, 0.05) is 4.47 Å². The summed E-state index contributed by atoms with van der Waals surface area (Å²) in [4.78, 5) is 23.8. The second kappa shape index (κ2) is 9.12. The number of amides is 2. The van der Waals surface area contributed by atoms with E-state index < -0.39 is 5.91 Å². The van der Waals surface area contributed by atoms with Crippen LogP contribution in [0.15, 0.2) is 39.4 Å². The van der Waals surface area contributed by atoms with Crippen molar-refractivity contribution in [3.63, 3.8) is 0 Å². The Labute approximate surface area is 153 Å². The molecule has 25 heavy (non-hydrogen) atoms. The molecule has 1 aromatic heterocycles. The molecule has 134 valence electrons. The zero-order valence-corrected chi connectivity index (χ0v) is 15.5. The summed E-state index contributed by atoms with van der Waals surface area (Å²) in [6.07, 6.45) is 1.43. The molecule has 2 rings (SSSR count). The van der Waals surface area contributed by atoms with Crippen LogP contribution in [0.1, 0.15) is 30.0 Å². The second-order valence-corrected chi connectivity index (χ2v) is 5.77. The van der Waals surface area contributed by atoms with Crippen LogP contribution >= 0.6 is 15.9 Å². The van der Waals surface area contributed by atoms with Crippen LogP contribution in [-0.4, -0.2) is 25.0 Å². The van der Waals surface area contributed by atoms with Gasteiger partial charge in [0.15, 0.2) is 17.3 Å². The lowest BCUT2D eigenvalue weighted by Gasteiger charge is -2.14. The summed E-state index contributed by atoms with van der Waals surface area (Å²) in [6.45, 7) is 4.73. The molecular formula is C17H19BrN2O5. The standard InChI is InChI=1S/C17H19BrN2O5/c1-3-23-14-8-11(12(18)10-15(14)24-4-2)9-16(21)19-20-17(22)13-6-5-7-25-13/h5-8,10H,3-4,9H2,1-2H3,(H,19,21)(H,20,22). The van der Waals surface area contributed by atoms with Crippen molar-refractivity contribution >= 4 is 27.7 Å². The van der Waals surface area contributed by atoms with Gasteiger partial charge in [-0.2, -0.15) is 0 Å². The third kappa shape index (κ3) is 5.25. The van der Waals surface area contributed by atoms with Crippen LogP contribution in [0.5, 0.6) is 11.5 Å². The van der Waals surface area contributed by atoms with E-state index in [-0.39, 0.29) is 18.1 Å². The maximum Gasteiger partial charge on any atom is 0.305 e. The maximum absolute atomic E-state index is 12.1. The molecule has 0 saturated heterocycles. The molecule has 1 heterocycles. The predicted octanol–water partition coefficient (Wildman–Crippen LogP) is 2.84. The highest BCUT2D eigenvalue weighted by Gasteiger charge is 2.15. The first-order valence-electron chi connectivity index (χ1n) is 7.75. The molecule has 0 fully saturated rings. The Morgan fingerprint density at radius 3 is 2.40 bits per heavy atom. The van der Waals surface area contributed by atoms with Crippen molar-refractivity contribution in [2.24, 2.45) is 0 Å². The molecule has 2 amide bonds. The summed E-state index contributed by atoms with van der Waals surface area (Å²) in [5.41, 5.74) is 5.34. The fourth-order valence-corrected chi connectivity index (χ4v) is 2.52. The number of rotatable bonds is 7. The molecule has 0 aliphatic rings. The molecule has 0 unspecified atom stereocenters. The zero-order valence-electron chi connectivity index (χ0n) is 13.9. The predicted molar refractivity (Wildman–Crippen MR) is 94.5 cm³/mol. The van der Waals surface area contributed by atoms with Gasteiger partial charge >= 0.3 is 5.91 Å². The van der Waals surface area contributed by atoms with Crippen molar-refractivity contribution in [2.45, 2.75) is 20.3 Å². The van der Waals surface area contributed by atoms with E-state index in [1.165, 1.54) is 12.3 Å². The van der Waals surface area contributed by atoms with Crippen LogP contribution in [0, 0.1) is 0 Å². The van der Waals surface area contributed by atoms with Crippen LogP contribution < -0.4 is 20.3 Å². The SMILES string of the molecule is CCOc1cc(Br)c(CC(=O)NNC(=O)c2ccco2)cc1OCC. The molecule has 0 bridgehead atoms. The number of hydrogen-bond acceptors (Lipinski definition) is 5. The average Bonchev–Trinajstić information content (AvgIpc) is 3.12. The van der Waals surface area contributed by atoms with Crippen LogP contribution in [0.4, 0.5) is 0 Å². The minimum Gasteiger partial charge on any atom is -0.490 e. The van der Waals surface area contributed by atoms with Crippen molar-refractivity contribution in [1.29, 1.82) is 0 Å². The highest BCUT2D eigenvalue weighted by Crippen LogP contribution is 2.34. The number of halogens is 1. The lowest BCUT2D eigenvalue weighted by atomic mass is 10.1. The van der Waals surface area contributed by atoms with Gasteiger partial charge in [-0.25, -0.2) is 0 Å². The number of carbonyl (C=O) groups excluding carboxylic acids is 2. The summed E-state index contributed by atoms with van der Waals surface area (Å²) >= 11 is 3.42. The number of nitrogens with one attached hydrogen (secondary N) is 2. The van der Waals surface area contributed by atoms with Gasteiger partial charge in [0.1, 0.15) is 0 Å². The van der Waals surface area contributed by atoms with E-state index in [9.17, 15) is 9.59 Å². The van der Waals surface area contributed by atoms with Gasteiger partial charge in [0.05, 0.1) is 25.9 Å². The lowest BCUT2D eigenvalue weighted by Crippen LogP contribution is -2.42.